The molecule has 0 aromatic heterocycles. The van der Waals surface area contributed by atoms with E-state index in [0.29, 0.717) is 45.7 Å². The van der Waals surface area contributed by atoms with Gasteiger partial charge in [-0.1, -0.05) is 41.5 Å². The van der Waals surface area contributed by atoms with Gasteiger partial charge < -0.3 is 14.2 Å². The molecule has 2 heterocycles. The lowest BCUT2D eigenvalue weighted by Crippen LogP contribution is -2.39. The molecule has 4 aliphatic carbocycles. The highest BCUT2D eigenvalue weighted by Gasteiger charge is 2.71. The molecule has 3 heteroatoms. The summed E-state index contributed by atoms with van der Waals surface area (Å²) in [5.41, 5.74) is 1.47. The third kappa shape index (κ3) is 1.83. The normalized spacial score (nSPS) is 61.6. The molecule has 3 nitrogen and oxygen atoms in total. The van der Waals surface area contributed by atoms with Crippen molar-refractivity contribution in [2.24, 2.45) is 45.3 Å². The van der Waals surface area contributed by atoms with E-state index >= 15 is 0 Å². The van der Waals surface area contributed by atoms with Gasteiger partial charge in [0.25, 0.3) is 0 Å². The first-order valence-corrected chi connectivity index (χ1v) is 11.6. The van der Waals surface area contributed by atoms with E-state index in [2.05, 4.69) is 41.5 Å². The molecule has 4 bridgehead atoms. The lowest BCUT2D eigenvalue weighted by atomic mass is 9.70. The SMILES string of the molecule is CC1(C)C2CC[C@]1(C)C1OC(OC3CC4C5CC[C@](C)(C4O3)C5(C)C)CC21. The molecule has 6 fully saturated rings. The number of hydrogen-bond acceptors (Lipinski definition) is 3. The molecule has 0 aromatic rings. The molecule has 10 atom stereocenters. The monoisotopic (exact) mass is 374 g/mol. The van der Waals surface area contributed by atoms with Crippen LogP contribution >= 0.6 is 0 Å². The Hall–Kier alpha value is -0.120. The fourth-order valence-corrected chi connectivity index (χ4v) is 9.31. The van der Waals surface area contributed by atoms with Crippen LogP contribution in [-0.2, 0) is 14.2 Å². The Morgan fingerprint density at radius 3 is 1.44 bits per heavy atom. The maximum atomic E-state index is 6.58. The van der Waals surface area contributed by atoms with Crippen molar-refractivity contribution in [1.82, 2.24) is 0 Å². The molecular formula is C24H38O3. The van der Waals surface area contributed by atoms with Crippen molar-refractivity contribution in [3.05, 3.63) is 0 Å². The predicted octanol–water partition coefficient (Wildman–Crippen LogP) is 5.38. The average Bonchev–Trinajstić information content (AvgIpc) is 3.33. The first kappa shape index (κ1) is 17.7. The third-order valence-electron chi connectivity index (χ3n) is 11.6. The van der Waals surface area contributed by atoms with Crippen LogP contribution in [0.4, 0.5) is 0 Å². The fraction of sp³-hybridized carbons (Fsp3) is 1.00. The molecule has 0 N–H and O–H groups in total. The summed E-state index contributed by atoms with van der Waals surface area (Å²) in [7, 11) is 0. The van der Waals surface area contributed by atoms with E-state index in [1.54, 1.807) is 0 Å². The minimum Gasteiger partial charge on any atom is -0.348 e. The summed E-state index contributed by atoms with van der Waals surface area (Å²) in [5.74, 6) is 3.00. The molecule has 8 unspecified atom stereocenters. The van der Waals surface area contributed by atoms with Crippen molar-refractivity contribution in [2.75, 3.05) is 0 Å². The van der Waals surface area contributed by atoms with Gasteiger partial charge in [-0.05, 0) is 71.0 Å². The van der Waals surface area contributed by atoms with Crippen molar-refractivity contribution in [2.45, 2.75) is 105 Å². The van der Waals surface area contributed by atoms with E-state index in [9.17, 15) is 0 Å². The maximum absolute atomic E-state index is 6.58. The van der Waals surface area contributed by atoms with Gasteiger partial charge in [0.05, 0.1) is 12.2 Å². The van der Waals surface area contributed by atoms with Gasteiger partial charge in [-0.2, -0.15) is 0 Å². The Morgan fingerprint density at radius 2 is 1.07 bits per heavy atom. The van der Waals surface area contributed by atoms with Gasteiger partial charge in [-0.25, -0.2) is 0 Å². The lowest BCUT2D eigenvalue weighted by molar-refractivity contribution is -0.252. The molecule has 0 aromatic carbocycles. The van der Waals surface area contributed by atoms with Gasteiger partial charge in [0, 0.05) is 12.8 Å². The second kappa shape index (κ2) is 4.95. The third-order valence-corrected chi connectivity index (χ3v) is 11.6. The Labute approximate surface area is 164 Å². The van der Waals surface area contributed by atoms with Gasteiger partial charge in [0.2, 0.25) is 0 Å². The molecule has 0 radical (unpaired) electrons. The molecule has 0 amide bonds. The summed E-state index contributed by atoms with van der Waals surface area (Å²) in [6.07, 6.45) is 8.24. The molecule has 2 aliphatic heterocycles. The van der Waals surface area contributed by atoms with E-state index in [-0.39, 0.29) is 12.6 Å². The highest BCUT2D eigenvalue weighted by atomic mass is 16.8. The van der Waals surface area contributed by atoms with Crippen LogP contribution in [0.25, 0.3) is 0 Å². The summed E-state index contributed by atoms with van der Waals surface area (Å²) in [5, 5.41) is 0. The first-order valence-electron chi connectivity index (χ1n) is 11.6. The Bertz CT molecular complexity index is 615. The van der Waals surface area contributed by atoms with Crippen LogP contribution in [0.5, 0.6) is 0 Å². The zero-order valence-electron chi connectivity index (χ0n) is 18.1. The van der Waals surface area contributed by atoms with E-state index in [4.69, 9.17) is 14.2 Å². The van der Waals surface area contributed by atoms with Crippen molar-refractivity contribution < 1.29 is 14.2 Å². The van der Waals surface area contributed by atoms with E-state index < -0.39 is 0 Å². The van der Waals surface area contributed by atoms with Crippen molar-refractivity contribution >= 4 is 0 Å². The summed E-state index contributed by atoms with van der Waals surface area (Å²) >= 11 is 0. The molecule has 0 spiro atoms. The zero-order chi connectivity index (χ0) is 19.0. The molecule has 6 rings (SSSR count). The van der Waals surface area contributed by atoms with Gasteiger partial charge >= 0.3 is 0 Å². The number of fused-ring (bicyclic) bond motifs is 10. The van der Waals surface area contributed by atoms with Crippen LogP contribution in [0.3, 0.4) is 0 Å². The van der Waals surface area contributed by atoms with Gasteiger partial charge in [-0.3, -0.25) is 0 Å². The topological polar surface area (TPSA) is 27.7 Å². The lowest BCUT2D eigenvalue weighted by Gasteiger charge is -2.39. The van der Waals surface area contributed by atoms with E-state index in [0.717, 1.165) is 24.7 Å². The highest BCUT2D eigenvalue weighted by molar-refractivity contribution is 5.18. The summed E-state index contributed by atoms with van der Waals surface area (Å²) in [4.78, 5) is 0. The molecule has 2 saturated heterocycles. The largest absolute Gasteiger partial charge is 0.348 e. The van der Waals surface area contributed by atoms with Crippen LogP contribution in [-0.4, -0.2) is 24.8 Å². The van der Waals surface area contributed by atoms with Crippen LogP contribution in [0.1, 0.15) is 80.1 Å². The second-order valence-corrected chi connectivity index (χ2v) is 12.5. The molecule has 152 valence electrons. The minimum atomic E-state index is -0.0432. The van der Waals surface area contributed by atoms with Crippen molar-refractivity contribution in [3.63, 3.8) is 0 Å². The highest BCUT2D eigenvalue weighted by Crippen LogP contribution is 2.72. The predicted molar refractivity (Wildman–Crippen MR) is 104 cm³/mol. The standard InChI is InChI=1S/C24H38O3/c1-21(2)15-7-9-23(21,5)19-13(15)11-17(26-19)25-18-12-14-16-8-10-24(6,20(14)27-18)22(16,3)4/h13-20H,7-12H2,1-6H3/t13?,14?,15?,16?,17?,18?,19?,20?,23-,24-/m1/s1. The summed E-state index contributed by atoms with van der Waals surface area (Å²) < 4.78 is 19.6. The smallest absolute Gasteiger partial charge is 0.161 e. The summed E-state index contributed by atoms with van der Waals surface area (Å²) in [6, 6.07) is 0. The first-order chi connectivity index (χ1) is 12.6. The second-order valence-electron chi connectivity index (χ2n) is 12.5. The van der Waals surface area contributed by atoms with Gasteiger partial charge in [-0.15, -0.1) is 0 Å². The number of hydrogen-bond donors (Lipinski definition) is 0. The van der Waals surface area contributed by atoms with Crippen LogP contribution < -0.4 is 0 Å². The van der Waals surface area contributed by atoms with Gasteiger partial charge in [0.15, 0.2) is 12.6 Å². The Morgan fingerprint density at radius 1 is 0.667 bits per heavy atom. The van der Waals surface area contributed by atoms with Crippen LogP contribution in [0.15, 0.2) is 0 Å². The molecule has 4 saturated carbocycles. The quantitative estimate of drug-likeness (QED) is 0.650. The zero-order valence-corrected chi connectivity index (χ0v) is 18.1. The van der Waals surface area contributed by atoms with Crippen LogP contribution in [0, 0.1) is 45.3 Å². The molecule has 27 heavy (non-hydrogen) atoms. The van der Waals surface area contributed by atoms with E-state index in [1.165, 1.54) is 25.7 Å². The fourth-order valence-electron chi connectivity index (χ4n) is 9.31. The Kier molecular flexibility index (Phi) is 3.25. The van der Waals surface area contributed by atoms with Crippen LogP contribution in [0.2, 0.25) is 0 Å². The van der Waals surface area contributed by atoms with Crippen molar-refractivity contribution in [1.29, 1.82) is 0 Å². The number of rotatable bonds is 2. The maximum Gasteiger partial charge on any atom is 0.161 e. The number of ether oxygens (including phenoxy) is 3. The average molecular weight is 375 g/mol. The molecule has 6 aliphatic rings. The molecular weight excluding hydrogens is 336 g/mol. The minimum absolute atomic E-state index is 0.0432. The summed E-state index contributed by atoms with van der Waals surface area (Å²) in [6.45, 7) is 14.8. The van der Waals surface area contributed by atoms with Crippen molar-refractivity contribution in [3.8, 4) is 0 Å². The Balaban J connectivity index is 1.15. The van der Waals surface area contributed by atoms with E-state index in [1.807, 2.05) is 0 Å². The van der Waals surface area contributed by atoms with Gasteiger partial charge in [0.1, 0.15) is 0 Å².